The maximum atomic E-state index is 12.0. The first-order valence-electron chi connectivity index (χ1n) is 9.54. The van der Waals surface area contributed by atoms with Crippen LogP contribution in [0.3, 0.4) is 0 Å². The Labute approximate surface area is 179 Å². The Balaban J connectivity index is 4.60. The summed E-state index contributed by atoms with van der Waals surface area (Å²) in [6.45, 7) is 7.64. The maximum absolute atomic E-state index is 12.0. The third-order valence-electron chi connectivity index (χ3n) is 3.61. The van der Waals surface area contributed by atoms with Gasteiger partial charge >= 0.3 is 35.8 Å². The Kier molecular flexibility index (Phi) is 11.8. The summed E-state index contributed by atoms with van der Waals surface area (Å²) in [4.78, 5) is 69.6. The van der Waals surface area contributed by atoms with E-state index in [1.165, 1.54) is 13.8 Å². The molecule has 0 saturated carbocycles. The molecule has 0 unspecified atom stereocenters. The highest BCUT2D eigenvalue weighted by atomic mass is 16.6. The minimum atomic E-state index is -1.47. The fourth-order valence-corrected chi connectivity index (χ4v) is 1.78. The zero-order chi connectivity index (χ0) is 24.3. The lowest BCUT2D eigenvalue weighted by Gasteiger charge is -2.20. The normalized spacial score (nSPS) is 15.3. The van der Waals surface area contributed by atoms with Crippen LogP contribution < -0.4 is 0 Å². The van der Waals surface area contributed by atoms with E-state index in [-0.39, 0.29) is 6.42 Å². The molecule has 0 aliphatic rings. The van der Waals surface area contributed by atoms with Gasteiger partial charge in [-0.25, -0.2) is 24.0 Å². The Morgan fingerprint density at radius 3 is 1.16 bits per heavy atom. The molecule has 0 bridgehead atoms. The van der Waals surface area contributed by atoms with Crippen LogP contribution in [0.2, 0.25) is 0 Å². The molecule has 0 fully saturated rings. The standard InChI is InChI=1S/C19H28O12/c1-7-8-14(20)27-10(3)16(23)29-12(5)18(25)31-13(6)19(26)30-11(4)17(24)28-9(2)15(21)22/h9-13H,7-8H2,1-6H3,(H,21,22)/t9-,10+,11-,12-,13-/m1/s1. The van der Waals surface area contributed by atoms with Crippen LogP contribution in [0.25, 0.3) is 0 Å². The summed E-state index contributed by atoms with van der Waals surface area (Å²) in [6.07, 6.45) is -6.37. The number of carbonyl (C=O) groups is 6. The summed E-state index contributed by atoms with van der Waals surface area (Å²) in [5, 5.41) is 8.69. The molecule has 0 radical (unpaired) electrons. The van der Waals surface area contributed by atoms with Crippen molar-refractivity contribution in [1.29, 1.82) is 0 Å². The van der Waals surface area contributed by atoms with Gasteiger partial charge in [0.05, 0.1) is 0 Å². The minimum Gasteiger partial charge on any atom is -0.479 e. The van der Waals surface area contributed by atoms with Crippen molar-refractivity contribution in [2.24, 2.45) is 0 Å². The van der Waals surface area contributed by atoms with E-state index in [1.807, 2.05) is 0 Å². The summed E-state index contributed by atoms with van der Waals surface area (Å²) in [5.41, 5.74) is 0. The van der Waals surface area contributed by atoms with Crippen LogP contribution in [0.15, 0.2) is 0 Å². The predicted octanol–water partition coefficient (Wildman–Crippen LogP) is 0.530. The van der Waals surface area contributed by atoms with Crippen molar-refractivity contribution in [2.45, 2.75) is 84.9 Å². The van der Waals surface area contributed by atoms with E-state index in [0.29, 0.717) is 6.42 Å². The van der Waals surface area contributed by atoms with Gasteiger partial charge < -0.3 is 28.8 Å². The second kappa shape index (κ2) is 13.2. The van der Waals surface area contributed by atoms with Gasteiger partial charge in [0.1, 0.15) is 0 Å². The predicted molar refractivity (Wildman–Crippen MR) is 100 cm³/mol. The number of carboxylic acid groups (broad SMARTS) is 1. The summed E-state index contributed by atoms with van der Waals surface area (Å²) in [5.74, 6) is -6.25. The van der Waals surface area contributed by atoms with E-state index in [9.17, 15) is 28.8 Å². The molecule has 0 amide bonds. The summed E-state index contributed by atoms with van der Waals surface area (Å²) >= 11 is 0. The lowest BCUT2D eigenvalue weighted by Crippen LogP contribution is -2.38. The van der Waals surface area contributed by atoms with E-state index in [2.05, 4.69) is 4.74 Å². The van der Waals surface area contributed by atoms with E-state index >= 15 is 0 Å². The molecule has 12 heteroatoms. The number of hydrogen-bond acceptors (Lipinski definition) is 11. The Morgan fingerprint density at radius 2 is 0.871 bits per heavy atom. The summed E-state index contributed by atoms with van der Waals surface area (Å²) < 4.78 is 23.9. The first-order valence-corrected chi connectivity index (χ1v) is 9.54. The number of rotatable bonds is 12. The molecular formula is C19H28O12. The van der Waals surface area contributed by atoms with Gasteiger partial charge in [0.25, 0.3) is 0 Å². The van der Waals surface area contributed by atoms with Gasteiger partial charge in [-0.05, 0) is 41.0 Å². The quantitative estimate of drug-likeness (QED) is 0.325. The Bertz CT molecular complexity index is 685. The van der Waals surface area contributed by atoms with Crippen LogP contribution in [-0.2, 0) is 52.5 Å². The van der Waals surface area contributed by atoms with Gasteiger partial charge in [-0.3, -0.25) is 4.79 Å². The smallest absolute Gasteiger partial charge is 0.347 e. The Hall–Kier alpha value is -3.18. The first-order chi connectivity index (χ1) is 14.3. The minimum absolute atomic E-state index is 0.121. The van der Waals surface area contributed by atoms with Crippen LogP contribution in [0, 0.1) is 0 Å². The highest BCUT2D eigenvalue weighted by molar-refractivity contribution is 5.86. The van der Waals surface area contributed by atoms with Crippen LogP contribution >= 0.6 is 0 Å². The topological polar surface area (TPSA) is 169 Å². The molecule has 0 aromatic rings. The Morgan fingerprint density at radius 1 is 0.581 bits per heavy atom. The third kappa shape index (κ3) is 10.4. The van der Waals surface area contributed by atoms with E-state index in [4.69, 9.17) is 24.1 Å². The van der Waals surface area contributed by atoms with Gasteiger partial charge in [0, 0.05) is 6.42 Å². The van der Waals surface area contributed by atoms with Crippen molar-refractivity contribution < 1.29 is 57.6 Å². The van der Waals surface area contributed by atoms with Crippen LogP contribution in [0.5, 0.6) is 0 Å². The molecule has 0 aliphatic carbocycles. The molecule has 0 spiro atoms. The van der Waals surface area contributed by atoms with E-state index in [0.717, 1.165) is 20.8 Å². The lowest BCUT2D eigenvalue weighted by atomic mass is 10.3. The van der Waals surface area contributed by atoms with Crippen molar-refractivity contribution >= 4 is 35.8 Å². The lowest BCUT2D eigenvalue weighted by molar-refractivity contribution is -0.186. The molecule has 0 aliphatic heterocycles. The molecule has 0 saturated heterocycles. The molecule has 0 rings (SSSR count). The molecular weight excluding hydrogens is 420 g/mol. The number of carboxylic acids is 1. The summed E-state index contributed by atoms with van der Waals surface area (Å²) in [6, 6.07) is 0. The largest absolute Gasteiger partial charge is 0.479 e. The van der Waals surface area contributed by atoms with Gasteiger partial charge in [0.2, 0.25) is 0 Å². The van der Waals surface area contributed by atoms with Crippen LogP contribution in [-0.4, -0.2) is 71.4 Å². The van der Waals surface area contributed by atoms with E-state index < -0.39 is 66.3 Å². The van der Waals surface area contributed by atoms with E-state index in [1.54, 1.807) is 6.92 Å². The fraction of sp³-hybridized carbons (Fsp3) is 0.684. The van der Waals surface area contributed by atoms with Gasteiger partial charge in [-0.2, -0.15) is 0 Å². The molecule has 31 heavy (non-hydrogen) atoms. The number of ether oxygens (including phenoxy) is 5. The van der Waals surface area contributed by atoms with Crippen LogP contribution in [0.4, 0.5) is 0 Å². The van der Waals surface area contributed by atoms with Crippen molar-refractivity contribution in [3.8, 4) is 0 Å². The highest BCUT2D eigenvalue weighted by Gasteiger charge is 2.31. The van der Waals surface area contributed by atoms with Crippen molar-refractivity contribution in [3.05, 3.63) is 0 Å². The van der Waals surface area contributed by atoms with Gasteiger partial charge in [0.15, 0.2) is 30.5 Å². The molecule has 0 aromatic carbocycles. The molecule has 12 nitrogen and oxygen atoms in total. The van der Waals surface area contributed by atoms with Crippen molar-refractivity contribution in [2.75, 3.05) is 0 Å². The van der Waals surface area contributed by atoms with Crippen molar-refractivity contribution in [1.82, 2.24) is 0 Å². The monoisotopic (exact) mass is 448 g/mol. The number of hydrogen-bond donors (Lipinski definition) is 1. The number of esters is 5. The number of aliphatic carboxylic acids is 1. The molecule has 176 valence electrons. The van der Waals surface area contributed by atoms with Crippen LogP contribution in [0.1, 0.15) is 54.4 Å². The second-order valence-corrected chi connectivity index (χ2v) is 6.54. The SMILES string of the molecule is CCCC(=O)O[C@@H](C)C(=O)O[C@H](C)C(=O)O[C@H](C)C(=O)O[C@H](C)C(=O)O[C@H](C)C(=O)O. The maximum Gasteiger partial charge on any atom is 0.347 e. The zero-order valence-electron chi connectivity index (χ0n) is 18.2. The number of carbonyl (C=O) groups excluding carboxylic acids is 5. The zero-order valence-corrected chi connectivity index (χ0v) is 18.2. The fourth-order valence-electron chi connectivity index (χ4n) is 1.78. The summed E-state index contributed by atoms with van der Waals surface area (Å²) in [7, 11) is 0. The third-order valence-corrected chi connectivity index (χ3v) is 3.61. The average molecular weight is 448 g/mol. The van der Waals surface area contributed by atoms with Crippen molar-refractivity contribution in [3.63, 3.8) is 0 Å². The van der Waals surface area contributed by atoms with Gasteiger partial charge in [-0.15, -0.1) is 0 Å². The highest BCUT2D eigenvalue weighted by Crippen LogP contribution is 2.07. The average Bonchev–Trinajstić information content (AvgIpc) is 2.67. The molecule has 1 N–H and O–H groups in total. The second-order valence-electron chi connectivity index (χ2n) is 6.54. The molecule has 0 aromatic heterocycles. The first kappa shape index (κ1) is 27.8. The molecule has 0 heterocycles. The van der Waals surface area contributed by atoms with Gasteiger partial charge in [-0.1, -0.05) is 6.92 Å². The molecule has 5 atom stereocenters.